The molecule has 2 rings (SSSR count). The predicted octanol–water partition coefficient (Wildman–Crippen LogP) is 1.57. The maximum atomic E-state index is 12.4. The van der Waals surface area contributed by atoms with E-state index in [9.17, 15) is 18.0 Å². The van der Waals surface area contributed by atoms with E-state index in [1.54, 1.807) is 11.0 Å². The number of benzene rings is 1. The number of carbonyl (C=O) groups excluding carboxylic acids is 1. The number of alkyl halides is 3. The summed E-state index contributed by atoms with van der Waals surface area (Å²) in [6, 6.07) is 4.90. The first-order valence-corrected chi connectivity index (χ1v) is 9.57. The smallest absolute Gasteiger partial charge is 0.405 e. The van der Waals surface area contributed by atoms with Crippen LogP contribution in [0.2, 0.25) is 0 Å². The molecule has 9 N–H and O–H groups in total. The third-order valence-corrected chi connectivity index (χ3v) is 4.43. The maximum Gasteiger partial charge on any atom is 0.416 e. The van der Waals surface area contributed by atoms with Crippen LogP contribution >= 0.6 is 0 Å². The summed E-state index contributed by atoms with van der Waals surface area (Å²) in [5.41, 5.74) is 19.2. The first-order chi connectivity index (χ1) is 15.2. The van der Waals surface area contributed by atoms with E-state index in [-0.39, 0.29) is 18.6 Å². The Morgan fingerprint density at radius 3 is 2.44 bits per heavy atom. The minimum absolute atomic E-state index is 0.0869. The Morgan fingerprint density at radius 1 is 1.28 bits per heavy atom. The molecule has 1 saturated heterocycles. The molecular formula is C21H29F3N6O2. The number of nitrogens with zero attached hydrogens (tertiary/aromatic N) is 1. The monoisotopic (exact) mass is 454 g/mol. The highest BCUT2D eigenvalue weighted by Crippen LogP contribution is 2.29. The Hall–Kier alpha value is -3.44. The standard InChI is InChI=1S/C15H16F3NO2.C6H13N5/c1-2-14(20)19-8-7-13(9-19)21-10-11-3-5-12(6-4-11)15(16,17)18;7-2-1-5(3-8)6(9)4-11-10/h2-6,13H,1,7-10H2;1-4,11H,7-10H2/b;2-1-,5-3+,6-4-. The molecule has 1 aliphatic rings. The van der Waals surface area contributed by atoms with Gasteiger partial charge in [0.1, 0.15) is 0 Å². The van der Waals surface area contributed by atoms with Crippen molar-refractivity contribution in [3.05, 3.63) is 84.0 Å². The van der Waals surface area contributed by atoms with Gasteiger partial charge in [-0.3, -0.25) is 10.6 Å². The summed E-state index contributed by atoms with van der Waals surface area (Å²) in [5.74, 6) is 4.86. The number of ether oxygens (including phenoxy) is 1. The van der Waals surface area contributed by atoms with E-state index in [0.717, 1.165) is 18.6 Å². The summed E-state index contributed by atoms with van der Waals surface area (Å²) in [6.45, 7) is 4.77. The number of hydrogen-bond donors (Lipinski definition) is 5. The fraction of sp³-hybridized carbons (Fsp3) is 0.286. The van der Waals surface area contributed by atoms with Gasteiger partial charge in [-0.25, -0.2) is 0 Å². The lowest BCUT2D eigenvalue weighted by atomic mass is 10.1. The molecule has 0 spiro atoms. The molecule has 176 valence electrons. The van der Waals surface area contributed by atoms with Crippen molar-refractivity contribution in [2.75, 3.05) is 13.1 Å². The van der Waals surface area contributed by atoms with Crippen LogP contribution in [0, 0.1) is 0 Å². The molecule has 1 fully saturated rings. The Kier molecular flexibility index (Phi) is 10.9. The molecule has 1 unspecified atom stereocenters. The normalized spacial score (nSPS) is 17.1. The first-order valence-electron chi connectivity index (χ1n) is 9.57. The van der Waals surface area contributed by atoms with Gasteiger partial charge in [0.25, 0.3) is 0 Å². The van der Waals surface area contributed by atoms with Crippen molar-refractivity contribution >= 4 is 5.91 Å². The number of nitrogens with one attached hydrogen (secondary N) is 1. The second-order valence-corrected chi connectivity index (χ2v) is 6.65. The van der Waals surface area contributed by atoms with E-state index in [0.29, 0.717) is 29.9 Å². The van der Waals surface area contributed by atoms with Gasteiger partial charge in [-0.2, -0.15) is 13.2 Å². The Labute approximate surface area is 185 Å². The molecule has 32 heavy (non-hydrogen) atoms. The molecule has 11 heteroatoms. The highest BCUT2D eigenvalue weighted by atomic mass is 19.4. The molecular weight excluding hydrogens is 425 g/mol. The van der Waals surface area contributed by atoms with Crippen LogP contribution in [0.5, 0.6) is 0 Å². The molecule has 8 nitrogen and oxygen atoms in total. The second-order valence-electron chi connectivity index (χ2n) is 6.65. The van der Waals surface area contributed by atoms with E-state index in [1.165, 1.54) is 36.8 Å². The zero-order chi connectivity index (χ0) is 24.1. The molecule has 0 saturated carbocycles. The number of hydrazine groups is 1. The lowest BCUT2D eigenvalue weighted by Crippen LogP contribution is -2.28. The van der Waals surface area contributed by atoms with Crippen molar-refractivity contribution in [1.29, 1.82) is 0 Å². The van der Waals surface area contributed by atoms with E-state index in [2.05, 4.69) is 12.0 Å². The van der Waals surface area contributed by atoms with Crippen LogP contribution in [0.25, 0.3) is 0 Å². The number of nitrogens with two attached hydrogens (primary N) is 4. The number of hydrogen-bond acceptors (Lipinski definition) is 7. The summed E-state index contributed by atoms with van der Waals surface area (Å²) in [6.07, 6.45) is 3.25. The van der Waals surface area contributed by atoms with Crippen molar-refractivity contribution in [1.82, 2.24) is 10.3 Å². The van der Waals surface area contributed by atoms with Crippen LogP contribution in [0.3, 0.4) is 0 Å². The van der Waals surface area contributed by atoms with Crippen LogP contribution < -0.4 is 28.5 Å². The molecule has 1 atom stereocenters. The number of halogens is 3. The van der Waals surface area contributed by atoms with Crippen LogP contribution in [-0.2, 0) is 22.3 Å². The third kappa shape index (κ3) is 8.74. The molecule has 1 amide bonds. The van der Waals surface area contributed by atoms with Gasteiger partial charge >= 0.3 is 6.18 Å². The fourth-order valence-corrected chi connectivity index (χ4v) is 2.72. The number of allylic oxidation sites excluding steroid dienone is 1. The Morgan fingerprint density at radius 2 is 1.94 bits per heavy atom. The summed E-state index contributed by atoms with van der Waals surface area (Å²) in [4.78, 5) is 13.1. The molecule has 1 aromatic rings. The molecule has 1 heterocycles. The average Bonchev–Trinajstić information content (AvgIpc) is 3.25. The molecule has 0 aliphatic carbocycles. The van der Waals surface area contributed by atoms with E-state index in [1.807, 2.05) is 0 Å². The SMILES string of the molecule is C=CC(=O)N1CCC(OCc2ccc(C(F)(F)F)cc2)C1.N\C=C/C(=C\N)C(/N)=C/NN. The van der Waals surface area contributed by atoms with Crippen LogP contribution in [-0.4, -0.2) is 30.0 Å². The van der Waals surface area contributed by atoms with Gasteiger partial charge in [0.2, 0.25) is 5.91 Å². The Balaban J connectivity index is 0.000000396. The summed E-state index contributed by atoms with van der Waals surface area (Å²) in [7, 11) is 0. The molecule has 0 radical (unpaired) electrons. The van der Waals surface area contributed by atoms with Gasteiger partial charge in [0.05, 0.1) is 24.0 Å². The van der Waals surface area contributed by atoms with Gasteiger partial charge in [-0.1, -0.05) is 18.7 Å². The van der Waals surface area contributed by atoms with Gasteiger partial charge in [0.15, 0.2) is 0 Å². The van der Waals surface area contributed by atoms with Crippen molar-refractivity contribution in [2.45, 2.75) is 25.3 Å². The fourth-order valence-electron chi connectivity index (χ4n) is 2.72. The minimum Gasteiger partial charge on any atom is -0.405 e. The van der Waals surface area contributed by atoms with Crippen molar-refractivity contribution in [3.8, 4) is 0 Å². The topological polar surface area (TPSA) is 146 Å². The molecule has 0 aromatic heterocycles. The van der Waals surface area contributed by atoms with E-state index in [4.69, 9.17) is 27.8 Å². The first kappa shape index (κ1) is 26.6. The quantitative estimate of drug-likeness (QED) is 0.182. The number of amides is 1. The molecule has 0 bridgehead atoms. The highest BCUT2D eigenvalue weighted by Gasteiger charge is 2.30. The van der Waals surface area contributed by atoms with Crippen LogP contribution in [0.15, 0.2) is 72.9 Å². The summed E-state index contributed by atoms with van der Waals surface area (Å²) < 4.78 is 42.9. The lowest BCUT2D eigenvalue weighted by Gasteiger charge is -2.15. The third-order valence-electron chi connectivity index (χ3n) is 4.43. The van der Waals surface area contributed by atoms with E-state index < -0.39 is 11.7 Å². The number of rotatable bonds is 7. The summed E-state index contributed by atoms with van der Waals surface area (Å²) >= 11 is 0. The number of likely N-dealkylation sites (tertiary alicyclic amines) is 1. The highest BCUT2D eigenvalue weighted by molar-refractivity contribution is 5.87. The zero-order valence-electron chi connectivity index (χ0n) is 17.5. The van der Waals surface area contributed by atoms with E-state index >= 15 is 0 Å². The van der Waals surface area contributed by atoms with Crippen LogP contribution in [0.4, 0.5) is 13.2 Å². The van der Waals surface area contributed by atoms with Gasteiger partial charge in [-0.15, -0.1) is 0 Å². The zero-order valence-corrected chi connectivity index (χ0v) is 17.5. The van der Waals surface area contributed by atoms with Gasteiger partial charge < -0.3 is 32.3 Å². The lowest BCUT2D eigenvalue weighted by molar-refractivity contribution is -0.137. The van der Waals surface area contributed by atoms with Gasteiger partial charge in [0, 0.05) is 31.1 Å². The Bertz CT molecular complexity index is 835. The van der Waals surface area contributed by atoms with Crippen LogP contribution in [0.1, 0.15) is 17.5 Å². The van der Waals surface area contributed by atoms with Crippen molar-refractivity contribution in [2.24, 2.45) is 23.0 Å². The maximum absolute atomic E-state index is 12.4. The second kappa shape index (κ2) is 13.1. The molecule has 1 aliphatic heterocycles. The number of carbonyl (C=O) groups is 1. The minimum atomic E-state index is -4.32. The van der Waals surface area contributed by atoms with Crippen molar-refractivity contribution < 1.29 is 22.7 Å². The van der Waals surface area contributed by atoms with Crippen molar-refractivity contribution in [3.63, 3.8) is 0 Å². The van der Waals surface area contributed by atoms with Gasteiger partial charge in [-0.05, 0) is 42.5 Å². The summed E-state index contributed by atoms with van der Waals surface area (Å²) in [5, 5.41) is 0. The predicted molar refractivity (Wildman–Crippen MR) is 117 cm³/mol. The average molecular weight is 454 g/mol. The largest absolute Gasteiger partial charge is 0.416 e. The molecule has 1 aromatic carbocycles.